The first-order valence-electron chi connectivity index (χ1n) is 12.2. The fourth-order valence-corrected chi connectivity index (χ4v) is 7.00. The van der Waals surface area contributed by atoms with Gasteiger partial charge in [-0.25, -0.2) is 13.9 Å². The Bertz CT molecular complexity index is 1690. The van der Waals surface area contributed by atoms with E-state index in [-0.39, 0.29) is 0 Å². The molecule has 1 amide bonds. The van der Waals surface area contributed by atoms with Gasteiger partial charge in [0, 0.05) is 26.9 Å². The van der Waals surface area contributed by atoms with E-state index in [1.165, 1.54) is 33.4 Å². The Kier molecular flexibility index (Phi) is 6.19. The summed E-state index contributed by atoms with van der Waals surface area (Å²) in [5.41, 5.74) is 1.39. The molecule has 1 aliphatic rings. The molecule has 39 heavy (non-hydrogen) atoms. The maximum Gasteiger partial charge on any atom is 0.413 e. The standard InChI is InChI=1S/C28H23FN4O4S2/c1-15(16-6-4-3-5-7-16)37-27(36)30-25-24(31-32-33(25)2)23-14-22-21(39-23)13-20(38-22)18-9-8-17(12-19(18)29)28(10-11-28)26(34)35/h3-9,12-15H,10-11H2,1-2H3,(H,30,36)(H,34,35). The van der Waals surface area contributed by atoms with Crippen LogP contribution in [0, 0.1) is 5.82 Å². The van der Waals surface area contributed by atoms with Crippen LogP contribution in [0.15, 0.2) is 60.7 Å². The van der Waals surface area contributed by atoms with Crippen molar-refractivity contribution in [3.8, 4) is 21.0 Å². The van der Waals surface area contributed by atoms with Crippen LogP contribution >= 0.6 is 22.7 Å². The maximum atomic E-state index is 15.1. The molecule has 2 aromatic carbocycles. The lowest BCUT2D eigenvalue weighted by molar-refractivity contribution is -0.140. The molecular formula is C28H23FN4O4S2. The third-order valence-electron chi connectivity index (χ3n) is 6.99. The van der Waals surface area contributed by atoms with E-state index in [9.17, 15) is 14.7 Å². The normalized spacial score (nSPS) is 14.7. The molecule has 0 radical (unpaired) electrons. The molecule has 3 heterocycles. The molecule has 1 aliphatic carbocycles. The molecule has 1 saturated carbocycles. The van der Waals surface area contributed by atoms with Gasteiger partial charge in [0.25, 0.3) is 0 Å². The molecule has 11 heteroatoms. The fourth-order valence-electron chi connectivity index (χ4n) is 4.59. The van der Waals surface area contributed by atoms with Gasteiger partial charge in [0.2, 0.25) is 0 Å². The highest BCUT2D eigenvalue weighted by molar-refractivity contribution is 7.31. The van der Waals surface area contributed by atoms with Gasteiger partial charge in [0.15, 0.2) is 5.82 Å². The molecule has 5 aromatic rings. The number of halogens is 1. The number of nitrogens with one attached hydrogen (secondary N) is 1. The second-order valence-electron chi connectivity index (χ2n) is 9.53. The van der Waals surface area contributed by atoms with Gasteiger partial charge in [-0.2, -0.15) is 0 Å². The van der Waals surface area contributed by atoms with Crippen LogP contribution < -0.4 is 5.32 Å². The van der Waals surface area contributed by atoms with Crippen molar-refractivity contribution in [2.24, 2.45) is 7.05 Å². The predicted octanol–water partition coefficient (Wildman–Crippen LogP) is 6.99. The minimum atomic E-state index is -0.946. The van der Waals surface area contributed by atoms with E-state index in [1.807, 2.05) is 42.5 Å². The van der Waals surface area contributed by atoms with Crippen molar-refractivity contribution >= 4 is 50.0 Å². The first kappa shape index (κ1) is 25.2. The van der Waals surface area contributed by atoms with Crippen LogP contribution in [-0.4, -0.2) is 32.2 Å². The van der Waals surface area contributed by atoms with Crippen molar-refractivity contribution < 1.29 is 23.8 Å². The number of hydrogen-bond donors (Lipinski definition) is 2. The molecule has 0 spiro atoms. The summed E-state index contributed by atoms with van der Waals surface area (Å²) in [5.74, 6) is -0.933. The smallest absolute Gasteiger partial charge is 0.413 e. The topological polar surface area (TPSA) is 106 Å². The highest BCUT2D eigenvalue weighted by atomic mass is 32.1. The summed E-state index contributed by atoms with van der Waals surface area (Å²) >= 11 is 2.90. The first-order valence-corrected chi connectivity index (χ1v) is 13.9. The second-order valence-corrected chi connectivity index (χ2v) is 11.7. The Hall–Kier alpha value is -4.09. The summed E-state index contributed by atoms with van der Waals surface area (Å²) in [5, 5.41) is 20.6. The quantitative estimate of drug-likeness (QED) is 0.221. The van der Waals surface area contributed by atoms with Crippen LogP contribution in [0.5, 0.6) is 0 Å². The number of carbonyl (C=O) groups is 2. The molecule has 0 aliphatic heterocycles. The van der Waals surface area contributed by atoms with E-state index in [0.717, 1.165) is 24.7 Å². The Morgan fingerprint density at radius 1 is 1.08 bits per heavy atom. The number of carboxylic acids is 1. The Labute approximate surface area is 230 Å². The summed E-state index contributed by atoms with van der Waals surface area (Å²) in [4.78, 5) is 25.8. The van der Waals surface area contributed by atoms with Crippen LogP contribution in [0.25, 0.3) is 30.4 Å². The Morgan fingerprint density at radius 3 is 2.44 bits per heavy atom. The van der Waals surface area contributed by atoms with E-state index in [4.69, 9.17) is 4.74 Å². The van der Waals surface area contributed by atoms with E-state index in [0.29, 0.717) is 35.5 Å². The lowest BCUT2D eigenvalue weighted by Gasteiger charge is -2.14. The van der Waals surface area contributed by atoms with Gasteiger partial charge in [-0.15, -0.1) is 27.8 Å². The van der Waals surface area contributed by atoms with Gasteiger partial charge in [0.05, 0.1) is 10.3 Å². The minimum absolute atomic E-state index is 0.406. The van der Waals surface area contributed by atoms with Crippen LogP contribution in [0.3, 0.4) is 0 Å². The molecule has 6 rings (SSSR count). The number of carbonyl (C=O) groups excluding carboxylic acids is 1. The molecule has 1 unspecified atom stereocenters. The Morgan fingerprint density at radius 2 is 1.77 bits per heavy atom. The van der Waals surface area contributed by atoms with Crippen molar-refractivity contribution in [1.82, 2.24) is 15.0 Å². The van der Waals surface area contributed by atoms with E-state index in [2.05, 4.69) is 15.6 Å². The monoisotopic (exact) mass is 562 g/mol. The first-order chi connectivity index (χ1) is 18.7. The zero-order chi connectivity index (χ0) is 27.3. The molecule has 0 bridgehead atoms. The highest BCUT2D eigenvalue weighted by Gasteiger charge is 2.51. The van der Waals surface area contributed by atoms with Crippen molar-refractivity contribution in [2.75, 3.05) is 5.32 Å². The number of aryl methyl sites for hydroxylation is 1. The molecule has 8 nitrogen and oxygen atoms in total. The van der Waals surface area contributed by atoms with E-state index < -0.39 is 29.4 Å². The number of aliphatic carboxylic acids is 1. The largest absolute Gasteiger partial charge is 0.481 e. The van der Waals surface area contributed by atoms with Crippen molar-refractivity contribution in [1.29, 1.82) is 0 Å². The molecule has 2 N–H and O–H groups in total. The third kappa shape index (κ3) is 4.57. The molecule has 0 saturated heterocycles. The molecule has 3 aromatic heterocycles. The summed E-state index contributed by atoms with van der Waals surface area (Å²) in [7, 11) is 1.68. The number of thiophene rings is 2. The molecule has 198 valence electrons. The number of carboxylic acid groups (broad SMARTS) is 1. The summed E-state index contributed by atoms with van der Waals surface area (Å²) in [6.07, 6.45) is 0.00618. The summed E-state index contributed by atoms with van der Waals surface area (Å²) < 4.78 is 24.0. The number of anilines is 1. The number of fused-ring (bicyclic) bond motifs is 1. The number of rotatable bonds is 7. The van der Waals surface area contributed by atoms with Gasteiger partial charge in [-0.1, -0.05) is 47.7 Å². The zero-order valence-electron chi connectivity index (χ0n) is 21.0. The predicted molar refractivity (Wildman–Crippen MR) is 149 cm³/mol. The lowest BCUT2D eigenvalue weighted by Crippen LogP contribution is -2.19. The fraction of sp³-hybridized carbons (Fsp3) is 0.214. The van der Waals surface area contributed by atoms with Gasteiger partial charge < -0.3 is 9.84 Å². The summed E-state index contributed by atoms with van der Waals surface area (Å²) in [6, 6.07) is 18.0. The van der Waals surface area contributed by atoms with E-state index >= 15 is 4.39 Å². The number of benzene rings is 2. The average molecular weight is 563 g/mol. The number of hydrogen-bond acceptors (Lipinski definition) is 7. The maximum absolute atomic E-state index is 15.1. The number of amides is 1. The average Bonchev–Trinajstić information content (AvgIpc) is 3.35. The van der Waals surface area contributed by atoms with E-state index in [1.54, 1.807) is 26.1 Å². The molecule has 1 fully saturated rings. The SMILES string of the molecule is CC(OC(=O)Nc1c(-c2cc3sc(-c4ccc(C5(C(=O)O)CC5)cc4F)cc3s2)nnn1C)c1ccccc1. The van der Waals surface area contributed by atoms with Crippen LogP contribution in [0.4, 0.5) is 15.0 Å². The second kappa shape index (κ2) is 9.58. The molecular weight excluding hydrogens is 539 g/mol. The number of ether oxygens (including phenoxy) is 1. The number of nitrogens with zero attached hydrogens (tertiary/aromatic N) is 3. The van der Waals surface area contributed by atoms with Gasteiger partial charge in [-0.05, 0) is 49.1 Å². The van der Waals surface area contributed by atoms with Crippen LogP contribution in [0.1, 0.15) is 37.0 Å². The van der Waals surface area contributed by atoms with Crippen LogP contribution in [-0.2, 0) is 22.0 Å². The van der Waals surface area contributed by atoms with Crippen molar-refractivity contribution in [3.05, 3.63) is 77.6 Å². The third-order valence-corrected chi connectivity index (χ3v) is 9.32. The minimum Gasteiger partial charge on any atom is -0.481 e. The number of aromatic nitrogens is 3. The van der Waals surface area contributed by atoms with Gasteiger partial charge in [0.1, 0.15) is 17.6 Å². The highest BCUT2D eigenvalue weighted by Crippen LogP contribution is 2.49. The van der Waals surface area contributed by atoms with Gasteiger partial charge in [-0.3, -0.25) is 10.1 Å². The van der Waals surface area contributed by atoms with Crippen LogP contribution in [0.2, 0.25) is 0 Å². The van der Waals surface area contributed by atoms with Gasteiger partial charge >= 0.3 is 12.1 Å². The molecule has 1 atom stereocenters. The summed E-state index contributed by atoms with van der Waals surface area (Å²) in [6.45, 7) is 1.80. The van der Waals surface area contributed by atoms with Crippen molar-refractivity contribution in [2.45, 2.75) is 31.3 Å². The lowest BCUT2D eigenvalue weighted by atomic mass is 9.94. The zero-order valence-corrected chi connectivity index (χ0v) is 22.6. The van der Waals surface area contributed by atoms with Crippen molar-refractivity contribution in [3.63, 3.8) is 0 Å². The Balaban J connectivity index is 1.22.